The number of amides is 2. The summed E-state index contributed by atoms with van der Waals surface area (Å²) in [6.45, 7) is 3.40. The van der Waals surface area contributed by atoms with Crippen molar-refractivity contribution in [3.63, 3.8) is 0 Å². The van der Waals surface area contributed by atoms with Gasteiger partial charge < -0.3 is 9.84 Å². The van der Waals surface area contributed by atoms with Crippen LogP contribution in [0.25, 0.3) is 0 Å². The predicted molar refractivity (Wildman–Crippen MR) is 82.9 cm³/mol. The largest absolute Gasteiger partial charge is 0.360 e. The quantitative estimate of drug-likeness (QED) is 0.840. The third-order valence-electron chi connectivity index (χ3n) is 2.87. The third kappa shape index (κ3) is 3.99. The van der Waals surface area contributed by atoms with Gasteiger partial charge in [-0.15, -0.1) is 0 Å². The number of nitrogens with one attached hydrogen (secondary N) is 2. The number of aryl methyl sites for hydroxylation is 1. The normalized spacial score (nSPS) is 11.8. The molecular weight excluding hydrogens is 329 g/mol. The Morgan fingerprint density at radius 1 is 1.18 bits per heavy atom. The van der Waals surface area contributed by atoms with Gasteiger partial charge in [-0.2, -0.15) is 0 Å². The van der Waals surface area contributed by atoms with Crippen LogP contribution in [0.3, 0.4) is 0 Å². The molecule has 0 radical (unpaired) electrons. The molecule has 0 bridgehead atoms. The maximum atomic E-state index is 11.8. The lowest BCUT2D eigenvalue weighted by Crippen LogP contribution is -2.37. The Hall–Kier alpha value is -2.05. The van der Waals surface area contributed by atoms with Gasteiger partial charge in [0, 0.05) is 6.07 Å². The summed E-state index contributed by atoms with van der Waals surface area (Å²) in [5, 5.41) is 9.27. The lowest BCUT2D eigenvalue weighted by molar-refractivity contribution is -0.136. The molecule has 1 atom stereocenters. The highest BCUT2D eigenvalue weighted by molar-refractivity contribution is 6.42. The highest BCUT2D eigenvalue weighted by atomic mass is 35.5. The molecule has 1 aromatic heterocycles. The van der Waals surface area contributed by atoms with Crippen molar-refractivity contribution in [2.75, 3.05) is 5.32 Å². The van der Waals surface area contributed by atoms with Gasteiger partial charge in [-0.3, -0.25) is 14.9 Å². The second-order valence-electron chi connectivity index (χ2n) is 4.65. The van der Waals surface area contributed by atoms with Crippen molar-refractivity contribution >= 4 is 40.8 Å². The number of nitrogens with zero attached hydrogens (tertiary/aromatic N) is 1. The minimum atomic E-state index is -0.833. The Morgan fingerprint density at radius 3 is 2.50 bits per heavy atom. The van der Waals surface area contributed by atoms with E-state index in [0.29, 0.717) is 15.8 Å². The van der Waals surface area contributed by atoms with Crippen LogP contribution in [0.5, 0.6) is 0 Å². The Morgan fingerprint density at radius 2 is 1.91 bits per heavy atom. The lowest BCUT2D eigenvalue weighted by Gasteiger charge is -2.14. The van der Waals surface area contributed by atoms with E-state index >= 15 is 0 Å². The molecule has 0 spiro atoms. The number of benzene rings is 1. The molecule has 6 nitrogen and oxygen atoms in total. The Kier molecular flexibility index (Phi) is 5.05. The van der Waals surface area contributed by atoms with Crippen molar-refractivity contribution in [1.29, 1.82) is 0 Å². The van der Waals surface area contributed by atoms with Gasteiger partial charge >= 0.3 is 11.8 Å². The molecule has 2 amide bonds. The fraction of sp³-hybridized carbons (Fsp3) is 0.214. The highest BCUT2D eigenvalue weighted by Crippen LogP contribution is 2.25. The molecule has 0 aliphatic carbocycles. The fourth-order valence-corrected chi connectivity index (χ4v) is 2.03. The van der Waals surface area contributed by atoms with Gasteiger partial charge in [0.05, 0.1) is 16.1 Å². The lowest BCUT2D eigenvalue weighted by atomic mass is 10.1. The zero-order valence-electron chi connectivity index (χ0n) is 11.8. The van der Waals surface area contributed by atoms with E-state index in [4.69, 9.17) is 27.7 Å². The zero-order valence-corrected chi connectivity index (χ0v) is 13.3. The minimum Gasteiger partial charge on any atom is -0.360 e. The van der Waals surface area contributed by atoms with E-state index < -0.39 is 17.9 Å². The van der Waals surface area contributed by atoms with Gasteiger partial charge in [0.15, 0.2) is 5.82 Å². The van der Waals surface area contributed by atoms with Crippen LogP contribution in [-0.2, 0) is 9.59 Å². The summed E-state index contributed by atoms with van der Waals surface area (Å²) in [7, 11) is 0. The third-order valence-corrected chi connectivity index (χ3v) is 3.61. The maximum Gasteiger partial charge on any atom is 0.314 e. The molecule has 22 heavy (non-hydrogen) atoms. The summed E-state index contributed by atoms with van der Waals surface area (Å²) in [5.41, 5.74) is 0.729. The number of carbonyl (C=O) groups is 2. The van der Waals surface area contributed by atoms with E-state index in [-0.39, 0.29) is 5.82 Å². The summed E-state index contributed by atoms with van der Waals surface area (Å²) in [6.07, 6.45) is 0. The first-order chi connectivity index (χ1) is 10.4. The molecule has 0 fully saturated rings. The Bertz CT molecular complexity index is 715. The number of halogens is 2. The van der Waals surface area contributed by atoms with E-state index in [2.05, 4.69) is 15.8 Å². The predicted octanol–water partition coefficient (Wildman–Crippen LogP) is 3.11. The molecule has 0 aliphatic rings. The van der Waals surface area contributed by atoms with Gasteiger partial charge in [0.2, 0.25) is 0 Å². The van der Waals surface area contributed by atoms with Crippen LogP contribution in [0, 0.1) is 6.92 Å². The van der Waals surface area contributed by atoms with Crippen LogP contribution < -0.4 is 10.6 Å². The molecule has 0 saturated heterocycles. The van der Waals surface area contributed by atoms with Crippen molar-refractivity contribution in [2.24, 2.45) is 0 Å². The first kappa shape index (κ1) is 16.3. The fourth-order valence-electron chi connectivity index (χ4n) is 1.73. The summed E-state index contributed by atoms with van der Waals surface area (Å²) in [4.78, 5) is 23.6. The molecule has 1 aromatic carbocycles. The van der Waals surface area contributed by atoms with Crippen molar-refractivity contribution in [1.82, 2.24) is 10.5 Å². The van der Waals surface area contributed by atoms with Crippen molar-refractivity contribution < 1.29 is 14.1 Å². The van der Waals surface area contributed by atoms with Gasteiger partial charge in [-0.25, -0.2) is 0 Å². The average molecular weight is 342 g/mol. The average Bonchev–Trinajstić information content (AvgIpc) is 2.86. The molecular formula is C14H13Cl2N3O3. The Balaban J connectivity index is 1.98. The van der Waals surface area contributed by atoms with Crippen LogP contribution in [0.1, 0.15) is 24.3 Å². The summed E-state index contributed by atoms with van der Waals surface area (Å²) < 4.78 is 4.80. The number of hydrogen-bond donors (Lipinski definition) is 2. The zero-order chi connectivity index (χ0) is 16.3. The van der Waals surface area contributed by atoms with Crippen molar-refractivity contribution in [3.8, 4) is 0 Å². The number of hydrogen-bond acceptors (Lipinski definition) is 4. The van der Waals surface area contributed by atoms with Gasteiger partial charge in [-0.05, 0) is 31.5 Å². The summed E-state index contributed by atoms with van der Waals surface area (Å²) >= 11 is 11.8. The van der Waals surface area contributed by atoms with Crippen LogP contribution >= 0.6 is 23.2 Å². The molecule has 0 aliphatic heterocycles. The van der Waals surface area contributed by atoms with Crippen molar-refractivity contribution in [3.05, 3.63) is 45.6 Å². The number of carbonyl (C=O) groups excluding carboxylic acids is 2. The van der Waals surface area contributed by atoms with E-state index in [1.807, 2.05) is 0 Å². The topological polar surface area (TPSA) is 84.2 Å². The Labute approximate surface area is 136 Å². The molecule has 2 N–H and O–H groups in total. The van der Waals surface area contributed by atoms with Crippen LogP contribution in [-0.4, -0.2) is 17.0 Å². The second kappa shape index (κ2) is 6.81. The maximum absolute atomic E-state index is 11.8. The number of rotatable bonds is 3. The van der Waals surface area contributed by atoms with Crippen LogP contribution in [0.15, 0.2) is 28.8 Å². The monoisotopic (exact) mass is 341 g/mol. The molecule has 1 heterocycles. The molecule has 8 heteroatoms. The standard InChI is InChI=1S/C14H13Cl2N3O3/c1-7-5-12(19-22-7)18-14(21)13(20)17-8(2)9-3-4-10(15)11(16)6-9/h3-6,8H,1-2H3,(H,17,20)(H,18,19,21)/t8-/m0/s1. The molecule has 2 rings (SSSR count). The van der Waals surface area contributed by atoms with E-state index in [1.165, 1.54) is 6.07 Å². The summed E-state index contributed by atoms with van der Waals surface area (Å²) in [5.74, 6) is -0.917. The van der Waals surface area contributed by atoms with Gasteiger partial charge in [-0.1, -0.05) is 34.4 Å². The molecule has 0 unspecified atom stereocenters. The first-order valence-electron chi connectivity index (χ1n) is 6.37. The smallest absolute Gasteiger partial charge is 0.314 e. The van der Waals surface area contributed by atoms with E-state index in [0.717, 1.165) is 5.56 Å². The minimum absolute atomic E-state index is 0.180. The SMILES string of the molecule is Cc1cc(NC(=O)C(=O)N[C@@H](C)c2ccc(Cl)c(Cl)c2)no1. The van der Waals surface area contributed by atoms with E-state index in [1.54, 1.807) is 32.0 Å². The highest BCUT2D eigenvalue weighted by Gasteiger charge is 2.18. The van der Waals surface area contributed by atoms with Gasteiger partial charge in [0.25, 0.3) is 0 Å². The van der Waals surface area contributed by atoms with Crippen molar-refractivity contribution in [2.45, 2.75) is 19.9 Å². The summed E-state index contributed by atoms with van der Waals surface area (Å²) in [6, 6.07) is 6.08. The van der Waals surface area contributed by atoms with Crippen LogP contribution in [0.4, 0.5) is 5.82 Å². The first-order valence-corrected chi connectivity index (χ1v) is 7.12. The molecule has 2 aromatic rings. The number of aromatic nitrogens is 1. The molecule has 0 saturated carbocycles. The van der Waals surface area contributed by atoms with Crippen LogP contribution in [0.2, 0.25) is 10.0 Å². The van der Waals surface area contributed by atoms with Gasteiger partial charge in [0.1, 0.15) is 5.76 Å². The molecule has 116 valence electrons. The second-order valence-corrected chi connectivity index (χ2v) is 5.46. The van der Waals surface area contributed by atoms with E-state index in [9.17, 15) is 9.59 Å². The number of anilines is 1.